The Labute approximate surface area is 76.4 Å². The Hall–Kier alpha value is -0.275. The molecule has 1 aliphatic heterocycles. The van der Waals surface area contributed by atoms with E-state index >= 15 is 0 Å². The fourth-order valence-electron chi connectivity index (χ4n) is 1.69. The summed E-state index contributed by atoms with van der Waals surface area (Å²) in [5.41, 5.74) is 2.58. The largest absolute Gasteiger partial charge is 0.341 e. The Kier molecular flexibility index (Phi) is 2.96. The first-order valence-electron chi connectivity index (χ1n) is 4.44. The van der Waals surface area contributed by atoms with Crippen molar-refractivity contribution in [2.45, 2.75) is 13.8 Å². The molecule has 1 heterocycles. The van der Waals surface area contributed by atoms with Crippen LogP contribution in [0.25, 0.3) is 0 Å². The molecule has 0 unspecified atom stereocenters. The van der Waals surface area contributed by atoms with Crippen molar-refractivity contribution in [2.75, 3.05) is 27.2 Å². The summed E-state index contributed by atoms with van der Waals surface area (Å²) in [6.45, 7) is 11.1. The van der Waals surface area contributed by atoms with Crippen LogP contribution in [-0.4, -0.2) is 43.8 Å². The highest BCUT2D eigenvalue weighted by Gasteiger charge is 2.33. The summed E-state index contributed by atoms with van der Waals surface area (Å²) >= 11 is 0. The van der Waals surface area contributed by atoms with Crippen molar-refractivity contribution in [1.29, 1.82) is 0 Å². The van der Waals surface area contributed by atoms with Crippen LogP contribution in [0.3, 0.4) is 0 Å². The molecule has 0 spiro atoms. The van der Waals surface area contributed by atoms with E-state index in [1.807, 2.05) is 0 Å². The summed E-state index contributed by atoms with van der Waals surface area (Å²) in [4.78, 5) is 4.69. The van der Waals surface area contributed by atoms with Gasteiger partial charge in [-0.3, -0.25) is 0 Å². The molecule has 67 valence electrons. The van der Waals surface area contributed by atoms with Crippen molar-refractivity contribution < 1.29 is 0 Å². The third kappa shape index (κ3) is 1.72. The molecule has 0 aliphatic carbocycles. The molecule has 3 heteroatoms. The molecule has 1 fully saturated rings. The number of hydrogen-bond acceptors (Lipinski definition) is 2. The molecule has 0 atom stereocenters. The van der Waals surface area contributed by atoms with Gasteiger partial charge in [0.1, 0.15) is 0 Å². The van der Waals surface area contributed by atoms with Gasteiger partial charge in [-0.25, -0.2) is 0 Å². The summed E-state index contributed by atoms with van der Waals surface area (Å²) in [5.74, 6) is 0. The first kappa shape index (κ1) is 9.81. The van der Waals surface area contributed by atoms with Crippen LogP contribution < -0.4 is 0 Å². The van der Waals surface area contributed by atoms with Gasteiger partial charge in [-0.15, -0.1) is 0 Å². The van der Waals surface area contributed by atoms with Crippen LogP contribution in [0.2, 0.25) is 0 Å². The summed E-state index contributed by atoms with van der Waals surface area (Å²) < 4.78 is 0. The molecule has 0 bridgehead atoms. The molecule has 1 aliphatic rings. The minimum atomic E-state index is 0.426. The highest BCUT2D eigenvalue weighted by molar-refractivity contribution is 6.62. The number of allylic oxidation sites excluding steroid dienone is 2. The van der Waals surface area contributed by atoms with Gasteiger partial charge in [-0.2, -0.15) is 0 Å². The van der Waals surface area contributed by atoms with E-state index in [2.05, 4.69) is 44.5 Å². The molecule has 1 rings (SSSR count). The lowest BCUT2D eigenvalue weighted by Gasteiger charge is -2.22. The van der Waals surface area contributed by atoms with Crippen LogP contribution in [0, 0.1) is 6.92 Å². The average molecular weight is 165 g/mol. The second-order valence-electron chi connectivity index (χ2n) is 3.86. The highest BCUT2D eigenvalue weighted by atomic mass is 15.3. The zero-order valence-corrected chi connectivity index (χ0v) is 8.59. The maximum absolute atomic E-state index is 4.12. The minimum absolute atomic E-state index is 0.426. The van der Waals surface area contributed by atoms with E-state index in [9.17, 15) is 0 Å². The SMILES string of the molecule is [CH2]C(B1N(C)CCN1C)=C(C)C. The molecule has 0 amide bonds. The quantitative estimate of drug-likeness (QED) is 0.536. The molecule has 1 radical (unpaired) electrons. The van der Waals surface area contributed by atoms with Crippen molar-refractivity contribution in [3.8, 4) is 0 Å². The molecule has 2 nitrogen and oxygen atoms in total. The van der Waals surface area contributed by atoms with Gasteiger partial charge in [0.25, 0.3) is 0 Å². The van der Waals surface area contributed by atoms with Crippen molar-refractivity contribution in [2.24, 2.45) is 0 Å². The maximum Gasteiger partial charge on any atom is 0.341 e. The van der Waals surface area contributed by atoms with Crippen LogP contribution in [0.4, 0.5) is 0 Å². The molecule has 0 aromatic carbocycles. The van der Waals surface area contributed by atoms with Crippen LogP contribution in [0.15, 0.2) is 11.0 Å². The molecule has 12 heavy (non-hydrogen) atoms. The van der Waals surface area contributed by atoms with E-state index < -0.39 is 0 Å². The first-order chi connectivity index (χ1) is 5.54. The van der Waals surface area contributed by atoms with Gasteiger partial charge < -0.3 is 9.62 Å². The van der Waals surface area contributed by atoms with E-state index in [4.69, 9.17) is 0 Å². The normalized spacial score (nSPS) is 20.2. The van der Waals surface area contributed by atoms with Crippen LogP contribution in [0.5, 0.6) is 0 Å². The summed E-state index contributed by atoms with van der Waals surface area (Å²) in [6, 6.07) is 0. The zero-order chi connectivity index (χ0) is 9.30. The van der Waals surface area contributed by atoms with E-state index in [0.717, 1.165) is 13.1 Å². The van der Waals surface area contributed by atoms with Gasteiger partial charge in [0.05, 0.1) is 0 Å². The van der Waals surface area contributed by atoms with Crippen molar-refractivity contribution in [3.63, 3.8) is 0 Å². The summed E-state index contributed by atoms with van der Waals surface area (Å²) in [5, 5.41) is 0. The molecule has 0 saturated carbocycles. The van der Waals surface area contributed by atoms with Crippen molar-refractivity contribution >= 4 is 6.98 Å². The lowest BCUT2D eigenvalue weighted by molar-refractivity contribution is 0.553. The van der Waals surface area contributed by atoms with E-state index in [1.54, 1.807) is 0 Å². The number of rotatable bonds is 1. The Bertz CT molecular complexity index is 187. The molecular formula is C9H18BN2. The highest BCUT2D eigenvalue weighted by Crippen LogP contribution is 2.16. The Morgan fingerprint density at radius 2 is 1.58 bits per heavy atom. The fourth-order valence-corrected chi connectivity index (χ4v) is 1.69. The second kappa shape index (κ2) is 3.63. The van der Waals surface area contributed by atoms with E-state index in [-0.39, 0.29) is 0 Å². The van der Waals surface area contributed by atoms with Crippen LogP contribution in [-0.2, 0) is 0 Å². The van der Waals surface area contributed by atoms with Crippen molar-refractivity contribution in [3.05, 3.63) is 18.0 Å². The van der Waals surface area contributed by atoms with Crippen LogP contribution in [0.1, 0.15) is 13.8 Å². The molecule has 1 saturated heterocycles. The van der Waals surface area contributed by atoms with Gasteiger partial charge in [0.2, 0.25) is 0 Å². The second-order valence-corrected chi connectivity index (χ2v) is 3.86. The molecule has 0 N–H and O–H groups in total. The summed E-state index contributed by atoms with van der Waals surface area (Å²) in [6.07, 6.45) is 0. The first-order valence-corrected chi connectivity index (χ1v) is 4.44. The van der Waals surface area contributed by atoms with Gasteiger partial charge in [0, 0.05) is 13.1 Å². The van der Waals surface area contributed by atoms with Crippen molar-refractivity contribution in [1.82, 2.24) is 9.62 Å². The average Bonchev–Trinajstić information content (AvgIpc) is 2.30. The lowest BCUT2D eigenvalue weighted by Crippen LogP contribution is -2.41. The van der Waals surface area contributed by atoms with E-state index in [1.165, 1.54) is 11.0 Å². The zero-order valence-electron chi connectivity index (χ0n) is 8.59. The fraction of sp³-hybridized carbons (Fsp3) is 0.667. The summed E-state index contributed by atoms with van der Waals surface area (Å²) in [7, 11) is 4.31. The Morgan fingerprint density at radius 3 is 1.92 bits per heavy atom. The maximum atomic E-state index is 4.12. The predicted octanol–water partition coefficient (Wildman–Crippen LogP) is 1.06. The standard InChI is InChI=1S/C9H18BN2/c1-8(2)9(3)10-11(4)6-7-12(10)5/h3,6-7H2,1-2,4-5H3. The Balaban J connectivity index is 2.80. The minimum Gasteiger partial charge on any atom is -0.326 e. The monoisotopic (exact) mass is 165 g/mol. The van der Waals surface area contributed by atoms with E-state index in [0.29, 0.717) is 6.98 Å². The predicted molar refractivity (Wildman–Crippen MR) is 54.7 cm³/mol. The molecule has 0 aromatic heterocycles. The number of likely N-dealkylation sites (N-methyl/N-ethyl adjacent to an activating group) is 2. The topological polar surface area (TPSA) is 6.48 Å². The third-order valence-corrected chi connectivity index (χ3v) is 2.59. The van der Waals surface area contributed by atoms with Gasteiger partial charge in [0.15, 0.2) is 0 Å². The van der Waals surface area contributed by atoms with Gasteiger partial charge in [-0.1, -0.05) is 11.0 Å². The van der Waals surface area contributed by atoms with Gasteiger partial charge >= 0.3 is 6.98 Å². The number of nitrogens with zero attached hydrogens (tertiary/aromatic N) is 2. The van der Waals surface area contributed by atoms with Crippen LogP contribution >= 0.6 is 0 Å². The third-order valence-electron chi connectivity index (χ3n) is 2.59. The number of hydrogen-bond donors (Lipinski definition) is 0. The van der Waals surface area contributed by atoms with Gasteiger partial charge in [-0.05, 0) is 34.9 Å². The smallest absolute Gasteiger partial charge is 0.326 e. The lowest BCUT2D eigenvalue weighted by atomic mass is 9.65. The molecular weight excluding hydrogens is 147 g/mol. The Morgan fingerprint density at radius 1 is 1.17 bits per heavy atom. The molecule has 0 aromatic rings.